The molecule has 0 saturated heterocycles. The number of nitro benzene ring substituents is 1. The predicted molar refractivity (Wildman–Crippen MR) is 168 cm³/mol. The van der Waals surface area contributed by atoms with Crippen LogP contribution in [-0.2, 0) is 24.4 Å². The largest absolute Gasteiger partial charge is 0.462 e. The van der Waals surface area contributed by atoms with E-state index in [1.54, 1.807) is 19.1 Å². The van der Waals surface area contributed by atoms with Crippen molar-refractivity contribution in [3.05, 3.63) is 133 Å². The maximum Gasteiger partial charge on any atom is 0.343 e. The van der Waals surface area contributed by atoms with Crippen molar-refractivity contribution >= 4 is 45.6 Å². The summed E-state index contributed by atoms with van der Waals surface area (Å²) in [6.45, 7) is 2.18. The topological polar surface area (TPSA) is 94.7 Å². The number of hydrogen-bond donors (Lipinski definition) is 0. The number of hydrogen-bond acceptors (Lipinski definition) is 7. The van der Waals surface area contributed by atoms with E-state index >= 15 is 0 Å². The highest BCUT2D eigenvalue weighted by Crippen LogP contribution is 2.39. The van der Waals surface area contributed by atoms with Crippen molar-refractivity contribution in [1.82, 2.24) is 9.47 Å². The molecule has 0 fully saturated rings. The van der Waals surface area contributed by atoms with Crippen LogP contribution in [0, 0.1) is 21.7 Å². The average molecular weight is 640 g/mol. The number of fused-ring (bicyclic) bond motifs is 1. The normalized spacial score (nSPS) is 11.0. The molecular weight excluding hydrogens is 612 g/mol. The van der Waals surface area contributed by atoms with Crippen molar-refractivity contribution in [1.29, 1.82) is 0 Å². The van der Waals surface area contributed by atoms with Gasteiger partial charge < -0.3 is 9.30 Å². The van der Waals surface area contributed by atoms with Crippen LogP contribution in [0.15, 0.2) is 83.8 Å². The second-order valence-electron chi connectivity index (χ2n) is 9.97. The number of nitro groups is 1. The van der Waals surface area contributed by atoms with Crippen molar-refractivity contribution in [2.45, 2.75) is 26.6 Å². The summed E-state index contributed by atoms with van der Waals surface area (Å²) < 4.78 is 36.2. The molecule has 5 rings (SSSR count). The zero-order valence-electron chi connectivity index (χ0n) is 23.8. The van der Waals surface area contributed by atoms with Gasteiger partial charge in [-0.15, -0.1) is 23.7 Å². The SMILES string of the molecule is CCOC(=O)c1cn(Cc2c(F)cccc2F)c2sc(-c3ccc([N+](=O)[O-])cc3)c(CN(C)Cc3ccccc3)c2c1=O.Cl. The Balaban J connectivity index is 0.00000442. The minimum Gasteiger partial charge on any atom is -0.462 e. The Morgan fingerprint density at radius 2 is 1.64 bits per heavy atom. The Morgan fingerprint density at radius 3 is 2.25 bits per heavy atom. The number of halogens is 3. The molecule has 12 heteroatoms. The molecule has 0 spiro atoms. The molecule has 0 aliphatic carbocycles. The molecule has 0 aliphatic heterocycles. The molecule has 0 radical (unpaired) electrons. The lowest BCUT2D eigenvalue weighted by atomic mass is 10.0. The minimum absolute atomic E-state index is 0. The van der Waals surface area contributed by atoms with Gasteiger partial charge in [0.25, 0.3) is 5.69 Å². The van der Waals surface area contributed by atoms with Gasteiger partial charge in [-0.05, 0) is 54.9 Å². The van der Waals surface area contributed by atoms with E-state index in [-0.39, 0.29) is 54.3 Å². The fraction of sp³-hybridized carbons (Fsp3) is 0.188. The number of thiophene rings is 1. The monoisotopic (exact) mass is 639 g/mol. The van der Waals surface area contributed by atoms with E-state index in [0.29, 0.717) is 27.4 Å². The molecule has 0 amide bonds. The average Bonchev–Trinajstić information content (AvgIpc) is 3.36. The first-order valence-corrected chi connectivity index (χ1v) is 14.3. The van der Waals surface area contributed by atoms with Gasteiger partial charge >= 0.3 is 5.97 Å². The second-order valence-corrected chi connectivity index (χ2v) is 11.0. The molecule has 0 aliphatic rings. The zero-order chi connectivity index (χ0) is 30.7. The number of nitrogens with zero attached hydrogens (tertiary/aromatic N) is 3. The van der Waals surface area contributed by atoms with Crippen LogP contribution in [0.3, 0.4) is 0 Å². The van der Waals surface area contributed by atoms with Crippen LogP contribution in [0.1, 0.15) is 34.0 Å². The van der Waals surface area contributed by atoms with Gasteiger partial charge in [-0.25, -0.2) is 13.6 Å². The Kier molecular flexibility index (Phi) is 10.3. The Hall–Kier alpha value is -4.45. The number of benzene rings is 3. The van der Waals surface area contributed by atoms with Gasteiger partial charge in [-0.3, -0.25) is 19.8 Å². The van der Waals surface area contributed by atoms with E-state index in [4.69, 9.17) is 4.74 Å². The first-order chi connectivity index (χ1) is 20.7. The van der Waals surface area contributed by atoms with Crippen LogP contribution >= 0.6 is 23.7 Å². The van der Waals surface area contributed by atoms with Crippen molar-refractivity contribution in [3.8, 4) is 10.4 Å². The number of carbonyl (C=O) groups excluding carboxylic acids is 1. The van der Waals surface area contributed by atoms with Crippen molar-refractivity contribution in [3.63, 3.8) is 0 Å². The van der Waals surface area contributed by atoms with E-state index in [1.807, 2.05) is 42.3 Å². The molecule has 0 bridgehead atoms. The molecule has 228 valence electrons. The molecule has 2 heterocycles. The summed E-state index contributed by atoms with van der Waals surface area (Å²) in [5, 5.41) is 11.5. The smallest absolute Gasteiger partial charge is 0.343 e. The van der Waals surface area contributed by atoms with Crippen molar-refractivity contribution in [2.24, 2.45) is 0 Å². The second kappa shape index (κ2) is 13.9. The van der Waals surface area contributed by atoms with Crippen molar-refractivity contribution in [2.75, 3.05) is 13.7 Å². The third-order valence-electron chi connectivity index (χ3n) is 6.96. The molecule has 3 aromatic carbocycles. The number of ether oxygens (including phenoxy) is 1. The van der Waals surface area contributed by atoms with Gasteiger partial charge in [-0.2, -0.15) is 0 Å². The number of aromatic nitrogens is 1. The number of esters is 1. The van der Waals surface area contributed by atoms with E-state index in [0.717, 1.165) is 17.7 Å². The van der Waals surface area contributed by atoms with Crippen LogP contribution in [0.4, 0.5) is 14.5 Å². The maximum absolute atomic E-state index is 14.8. The van der Waals surface area contributed by atoms with Crippen LogP contribution in [0.5, 0.6) is 0 Å². The number of carbonyl (C=O) groups is 1. The molecule has 0 saturated carbocycles. The molecule has 8 nitrogen and oxygen atoms in total. The fourth-order valence-electron chi connectivity index (χ4n) is 4.96. The van der Waals surface area contributed by atoms with Crippen molar-refractivity contribution < 1.29 is 23.2 Å². The lowest BCUT2D eigenvalue weighted by Crippen LogP contribution is -2.23. The molecule has 0 atom stereocenters. The quantitative estimate of drug-likeness (QED) is 0.0912. The standard InChI is InChI=1S/C32H27F2N3O5S.ClH/c1-3-42-32(39)25-19-36(18-23-26(33)10-7-11-27(23)34)31-28(29(25)38)24(17-35(2)16-20-8-5-4-6-9-20)30(43-31)21-12-14-22(15-13-21)37(40)41;/h4-15,19H,3,16-18H2,1-2H3;1H. The summed E-state index contributed by atoms with van der Waals surface area (Å²) in [5.41, 5.74) is 1.11. The third-order valence-corrected chi connectivity index (χ3v) is 8.27. The Bertz CT molecular complexity index is 1860. The lowest BCUT2D eigenvalue weighted by Gasteiger charge is -2.18. The minimum atomic E-state index is -0.844. The maximum atomic E-state index is 14.8. The van der Waals surface area contributed by atoms with Gasteiger partial charge in [0.05, 0.1) is 23.5 Å². The van der Waals surface area contributed by atoms with Gasteiger partial charge in [0.1, 0.15) is 22.0 Å². The highest BCUT2D eigenvalue weighted by molar-refractivity contribution is 7.22. The highest BCUT2D eigenvalue weighted by Gasteiger charge is 2.26. The molecule has 5 aromatic rings. The van der Waals surface area contributed by atoms with Gasteiger partial charge in [-0.1, -0.05) is 36.4 Å². The van der Waals surface area contributed by atoms with E-state index in [9.17, 15) is 28.5 Å². The molecule has 2 aromatic heterocycles. The Morgan fingerprint density at radius 1 is 0.977 bits per heavy atom. The summed E-state index contributed by atoms with van der Waals surface area (Å²) in [6.07, 6.45) is 1.28. The predicted octanol–water partition coefficient (Wildman–Crippen LogP) is 7.20. The number of pyridine rings is 1. The first-order valence-electron chi connectivity index (χ1n) is 13.4. The summed E-state index contributed by atoms with van der Waals surface area (Å²) in [6, 6.07) is 19.2. The van der Waals surface area contributed by atoms with Gasteiger partial charge in [0.2, 0.25) is 5.43 Å². The molecule has 0 N–H and O–H groups in total. The first kappa shape index (κ1) is 32.5. The summed E-state index contributed by atoms with van der Waals surface area (Å²) in [7, 11) is 1.89. The Labute approximate surface area is 261 Å². The number of rotatable bonds is 10. The number of non-ortho nitro benzene ring substituents is 1. The molecule has 44 heavy (non-hydrogen) atoms. The summed E-state index contributed by atoms with van der Waals surface area (Å²) in [5.74, 6) is -2.37. The van der Waals surface area contributed by atoms with Crippen LogP contribution in [0.25, 0.3) is 20.7 Å². The summed E-state index contributed by atoms with van der Waals surface area (Å²) in [4.78, 5) is 40.8. The van der Waals surface area contributed by atoms with E-state index in [1.165, 1.54) is 40.3 Å². The van der Waals surface area contributed by atoms with Gasteiger partial charge in [0.15, 0.2) is 0 Å². The molecular formula is C32H28ClF2N3O5S. The van der Waals surface area contributed by atoms with E-state index < -0.39 is 28.0 Å². The van der Waals surface area contributed by atoms with Crippen LogP contribution in [-0.4, -0.2) is 34.0 Å². The van der Waals surface area contributed by atoms with Gasteiger partial charge in [0, 0.05) is 41.9 Å². The summed E-state index contributed by atoms with van der Waals surface area (Å²) >= 11 is 1.21. The lowest BCUT2D eigenvalue weighted by molar-refractivity contribution is -0.384. The fourth-order valence-corrected chi connectivity index (χ4v) is 6.25. The van der Waals surface area contributed by atoms with Crippen LogP contribution < -0.4 is 5.43 Å². The van der Waals surface area contributed by atoms with Crippen LogP contribution in [0.2, 0.25) is 0 Å². The third kappa shape index (κ3) is 6.70. The molecule has 0 unspecified atom stereocenters. The van der Waals surface area contributed by atoms with E-state index in [2.05, 4.69) is 0 Å². The zero-order valence-corrected chi connectivity index (χ0v) is 25.4. The highest BCUT2D eigenvalue weighted by atomic mass is 35.5.